The Morgan fingerprint density at radius 2 is 1.67 bits per heavy atom. The molecule has 0 saturated carbocycles. The van der Waals surface area contributed by atoms with Crippen LogP contribution < -0.4 is 4.72 Å². The van der Waals surface area contributed by atoms with Crippen LogP contribution in [-0.2, 0) is 10.0 Å². The molecule has 2 rings (SSSR count). The van der Waals surface area contributed by atoms with Crippen molar-refractivity contribution in [3.05, 3.63) is 47.0 Å². The fourth-order valence-electron chi connectivity index (χ4n) is 1.19. The van der Waals surface area contributed by atoms with Crippen molar-refractivity contribution in [1.82, 2.24) is 9.97 Å². The van der Waals surface area contributed by atoms with E-state index in [2.05, 4.69) is 14.7 Å². The van der Waals surface area contributed by atoms with Crippen LogP contribution in [-0.4, -0.2) is 18.4 Å². The lowest BCUT2D eigenvalue weighted by atomic mass is 10.3. The van der Waals surface area contributed by atoms with Crippen molar-refractivity contribution in [3.8, 4) is 0 Å². The van der Waals surface area contributed by atoms with Crippen molar-refractivity contribution in [3.63, 3.8) is 0 Å². The van der Waals surface area contributed by atoms with Crippen molar-refractivity contribution < 1.29 is 8.42 Å². The van der Waals surface area contributed by atoms with E-state index >= 15 is 0 Å². The number of rotatable bonds is 3. The van der Waals surface area contributed by atoms with Gasteiger partial charge in [-0.1, -0.05) is 23.7 Å². The Labute approximate surface area is 114 Å². The molecular weight excluding hydrogens is 297 g/mol. The molecule has 0 unspecified atom stereocenters. The van der Waals surface area contributed by atoms with E-state index in [4.69, 9.17) is 23.2 Å². The molecule has 1 heterocycles. The van der Waals surface area contributed by atoms with Crippen molar-refractivity contribution in [2.24, 2.45) is 0 Å². The van der Waals surface area contributed by atoms with Gasteiger partial charge in [-0.05, 0) is 23.7 Å². The first kappa shape index (κ1) is 13.1. The lowest BCUT2D eigenvalue weighted by Crippen LogP contribution is -2.13. The van der Waals surface area contributed by atoms with Crippen LogP contribution >= 0.6 is 23.2 Å². The van der Waals surface area contributed by atoms with Crippen LogP contribution in [0, 0.1) is 0 Å². The maximum absolute atomic E-state index is 12.0. The second-order valence-electron chi connectivity index (χ2n) is 3.27. The minimum Gasteiger partial charge on any atom is -0.278 e. The molecule has 0 fully saturated rings. The molecule has 0 aliphatic heterocycles. The highest BCUT2D eigenvalue weighted by atomic mass is 35.5. The van der Waals surface area contributed by atoms with E-state index in [0.717, 1.165) is 12.4 Å². The minimum atomic E-state index is -3.77. The van der Waals surface area contributed by atoms with E-state index in [0.29, 0.717) is 5.02 Å². The summed E-state index contributed by atoms with van der Waals surface area (Å²) in [5.41, 5.74) is 0.286. The topological polar surface area (TPSA) is 72.0 Å². The van der Waals surface area contributed by atoms with Crippen LogP contribution in [0.25, 0.3) is 0 Å². The number of nitrogens with one attached hydrogen (secondary N) is 1. The molecule has 1 aromatic carbocycles. The maximum atomic E-state index is 12.0. The number of halogens is 2. The van der Waals surface area contributed by atoms with E-state index in [-0.39, 0.29) is 15.9 Å². The Bertz CT molecular complexity index is 659. The Hall–Kier alpha value is -1.37. The third-order valence-corrected chi connectivity index (χ3v) is 3.87. The van der Waals surface area contributed by atoms with E-state index in [9.17, 15) is 8.42 Å². The molecule has 1 N–H and O–H groups in total. The average molecular weight is 304 g/mol. The fourth-order valence-corrected chi connectivity index (χ4v) is 2.49. The monoisotopic (exact) mass is 303 g/mol. The molecule has 1 aromatic heterocycles. The number of benzene rings is 1. The lowest BCUT2D eigenvalue weighted by molar-refractivity contribution is 0.600. The van der Waals surface area contributed by atoms with Crippen LogP contribution in [0.1, 0.15) is 0 Å². The number of anilines is 1. The molecule has 0 bridgehead atoms. The quantitative estimate of drug-likeness (QED) is 0.885. The normalized spacial score (nSPS) is 11.2. The van der Waals surface area contributed by atoms with Crippen molar-refractivity contribution in [2.45, 2.75) is 4.90 Å². The predicted octanol–water partition coefficient (Wildman–Crippen LogP) is 2.58. The number of aromatic nitrogens is 2. The Kier molecular flexibility index (Phi) is 3.70. The van der Waals surface area contributed by atoms with Gasteiger partial charge in [0.25, 0.3) is 10.0 Å². The summed E-state index contributed by atoms with van der Waals surface area (Å²) >= 11 is 11.4. The summed E-state index contributed by atoms with van der Waals surface area (Å²) in [6.07, 6.45) is 2.24. The Morgan fingerprint density at radius 1 is 1.06 bits per heavy atom. The van der Waals surface area contributed by atoms with Crippen LogP contribution in [0.3, 0.4) is 0 Å². The smallest absolute Gasteiger partial charge is 0.265 e. The van der Waals surface area contributed by atoms with Gasteiger partial charge in [0.1, 0.15) is 4.90 Å². The summed E-state index contributed by atoms with van der Waals surface area (Å²) < 4.78 is 26.3. The van der Waals surface area contributed by atoms with Crippen LogP contribution in [0.5, 0.6) is 0 Å². The zero-order chi connectivity index (χ0) is 13.2. The second-order valence-corrected chi connectivity index (χ2v) is 5.70. The zero-order valence-corrected chi connectivity index (χ0v) is 11.2. The van der Waals surface area contributed by atoms with Crippen molar-refractivity contribution in [1.29, 1.82) is 0 Å². The third kappa shape index (κ3) is 2.90. The van der Waals surface area contributed by atoms with Gasteiger partial charge in [0.15, 0.2) is 0 Å². The SMILES string of the molecule is O=S(=O)(Nc1ccccc1Cl)c1cnc(Cl)nc1. The molecule has 8 heteroatoms. The van der Waals surface area contributed by atoms with Crippen LogP contribution in [0.15, 0.2) is 41.6 Å². The van der Waals surface area contributed by atoms with Gasteiger partial charge >= 0.3 is 0 Å². The molecule has 0 radical (unpaired) electrons. The van der Waals surface area contributed by atoms with Gasteiger partial charge in [0, 0.05) is 0 Å². The van der Waals surface area contributed by atoms with Crippen molar-refractivity contribution >= 4 is 38.9 Å². The molecule has 0 saturated heterocycles. The molecule has 5 nitrogen and oxygen atoms in total. The highest BCUT2D eigenvalue weighted by Crippen LogP contribution is 2.23. The highest BCUT2D eigenvalue weighted by molar-refractivity contribution is 7.92. The summed E-state index contributed by atoms with van der Waals surface area (Å²) in [6, 6.07) is 6.50. The first-order valence-electron chi connectivity index (χ1n) is 4.74. The Morgan fingerprint density at radius 3 is 2.28 bits per heavy atom. The van der Waals surface area contributed by atoms with Gasteiger partial charge in [-0.3, -0.25) is 4.72 Å². The first-order valence-corrected chi connectivity index (χ1v) is 6.98. The number of nitrogens with zero attached hydrogens (tertiary/aromatic N) is 2. The van der Waals surface area contributed by atoms with Gasteiger partial charge in [-0.15, -0.1) is 0 Å². The summed E-state index contributed by atoms with van der Waals surface area (Å²) in [5, 5.41) is 0.280. The molecule has 0 aliphatic carbocycles. The third-order valence-electron chi connectivity index (χ3n) is 2.03. The number of hydrogen-bond acceptors (Lipinski definition) is 4. The van der Waals surface area contributed by atoms with E-state index in [1.807, 2.05) is 0 Å². The molecular formula is C10H7Cl2N3O2S. The number of sulfonamides is 1. The summed E-state index contributed by atoms with van der Waals surface area (Å²) in [7, 11) is -3.77. The number of para-hydroxylation sites is 1. The van der Waals surface area contributed by atoms with Crippen LogP contribution in [0.4, 0.5) is 5.69 Å². The largest absolute Gasteiger partial charge is 0.278 e. The van der Waals surface area contributed by atoms with Gasteiger partial charge in [-0.25, -0.2) is 18.4 Å². The summed E-state index contributed by atoms with van der Waals surface area (Å²) in [6.45, 7) is 0. The zero-order valence-electron chi connectivity index (χ0n) is 8.84. The molecule has 18 heavy (non-hydrogen) atoms. The second kappa shape index (κ2) is 5.09. The van der Waals surface area contributed by atoms with Gasteiger partial charge in [-0.2, -0.15) is 0 Å². The predicted molar refractivity (Wildman–Crippen MR) is 69.3 cm³/mol. The number of hydrogen-bond donors (Lipinski definition) is 1. The van der Waals surface area contributed by atoms with E-state index < -0.39 is 10.0 Å². The molecule has 0 spiro atoms. The summed E-state index contributed by atoms with van der Waals surface area (Å²) in [4.78, 5) is 7.13. The lowest BCUT2D eigenvalue weighted by Gasteiger charge is -2.08. The molecule has 0 aliphatic rings. The molecule has 0 amide bonds. The van der Waals surface area contributed by atoms with E-state index in [1.54, 1.807) is 24.3 Å². The van der Waals surface area contributed by atoms with E-state index in [1.165, 1.54) is 0 Å². The molecule has 94 valence electrons. The van der Waals surface area contributed by atoms with Crippen molar-refractivity contribution in [2.75, 3.05) is 4.72 Å². The fraction of sp³-hybridized carbons (Fsp3) is 0. The minimum absolute atomic E-state index is 0.0216. The first-order chi connectivity index (χ1) is 8.49. The molecule has 2 aromatic rings. The van der Waals surface area contributed by atoms with Gasteiger partial charge in [0.05, 0.1) is 23.1 Å². The summed E-state index contributed by atoms with van der Waals surface area (Å²) in [5.74, 6) is 0. The van der Waals surface area contributed by atoms with Gasteiger partial charge in [0.2, 0.25) is 5.28 Å². The molecule has 0 atom stereocenters. The highest BCUT2D eigenvalue weighted by Gasteiger charge is 2.16. The maximum Gasteiger partial charge on any atom is 0.265 e. The standard InChI is InChI=1S/C10H7Cl2N3O2S/c11-8-3-1-2-4-9(8)15-18(16,17)7-5-13-10(12)14-6-7/h1-6,15H. The average Bonchev–Trinajstić information content (AvgIpc) is 2.32. The van der Waals surface area contributed by atoms with Gasteiger partial charge < -0.3 is 0 Å². The Balaban J connectivity index is 2.33. The van der Waals surface area contributed by atoms with Crippen LogP contribution in [0.2, 0.25) is 10.3 Å².